The zero-order valence-electron chi connectivity index (χ0n) is 6.62. The number of halogens is 2. The first-order valence-corrected chi connectivity index (χ1v) is 3.47. The van der Waals surface area contributed by atoms with E-state index >= 15 is 0 Å². The fourth-order valence-electron chi connectivity index (χ4n) is 0.605. The Morgan fingerprint density at radius 3 is 2.50 bits per heavy atom. The van der Waals surface area contributed by atoms with Gasteiger partial charge >= 0.3 is 5.97 Å². The maximum absolute atomic E-state index is 12.2. The molecule has 0 aliphatic carbocycles. The van der Waals surface area contributed by atoms with Crippen molar-refractivity contribution in [3.05, 3.63) is 11.9 Å². The van der Waals surface area contributed by atoms with Gasteiger partial charge in [-0.15, -0.1) is 12.4 Å². The summed E-state index contributed by atoms with van der Waals surface area (Å²) in [6.07, 6.45) is 3.04. The van der Waals surface area contributed by atoms with Crippen molar-refractivity contribution in [2.24, 2.45) is 5.73 Å². The molecule has 0 atom stereocenters. The van der Waals surface area contributed by atoms with Crippen molar-refractivity contribution in [2.45, 2.75) is 19.3 Å². The summed E-state index contributed by atoms with van der Waals surface area (Å²) in [6.45, 7) is 0.558. The van der Waals surface area contributed by atoms with E-state index in [1.54, 1.807) is 0 Å². The second-order valence-corrected chi connectivity index (χ2v) is 2.14. The van der Waals surface area contributed by atoms with Crippen LogP contribution in [0.3, 0.4) is 0 Å². The van der Waals surface area contributed by atoms with Gasteiger partial charge in [0.2, 0.25) is 5.83 Å². The van der Waals surface area contributed by atoms with Crippen molar-refractivity contribution < 1.29 is 14.3 Å². The monoisotopic (exact) mass is 197 g/mol. The van der Waals surface area contributed by atoms with Gasteiger partial charge in [-0.05, 0) is 31.9 Å². The predicted molar refractivity (Wildman–Crippen MR) is 47.0 cm³/mol. The average molecular weight is 198 g/mol. The minimum atomic E-state index is -1.50. The van der Waals surface area contributed by atoms with E-state index in [2.05, 4.69) is 0 Å². The molecule has 0 unspecified atom stereocenters. The molecule has 0 saturated carbocycles. The summed E-state index contributed by atoms with van der Waals surface area (Å²) in [5.41, 5.74) is 5.17. The molecule has 0 aromatic rings. The lowest BCUT2D eigenvalue weighted by Crippen LogP contribution is -1.98. The van der Waals surface area contributed by atoms with Gasteiger partial charge in [-0.1, -0.05) is 0 Å². The van der Waals surface area contributed by atoms with Crippen molar-refractivity contribution in [1.29, 1.82) is 0 Å². The van der Waals surface area contributed by atoms with Gasteiger partial charge in [0.25, 0.3) is 0 Å². The Morgan fingerprint density at radius 1 is 1.50 bits per heavy atom. The van der Waals surface area contributed by atoms with Crippen LogP contribution in [-0.4, -0.2) is 17.6 Å². The third-order valence-corrected chi connectivity index (χ3v) is 1.19. The van der Waals surface area contributed by atoms with E-state index in [0.29, 0.717) is 13.0 Å². The third-order valence-electron chi connectivity index (χ3n) is 1.19. The number of carboxylic acids is 1. The summed E-state index contributed by atoms with van der Waals surface area (Å²) < 4.78 is 12.2. The standard InChI is InChI=1S/C7H12FNO2.ClH/c8-6(7(10)11)4-2-1-3-5-9;/h4H,1-3,5,9H2,(H,10,11);1H/b6-4-;. The number of aliphatic carboxylic acids is 1. The van der Waals surface area contributed by atoms with Gasteiger partial charge in [-0.3, -0.25) is 0 Å². The van der Waals surface area contributed by atoms with Gasteiger partial charge in [-0.25, -0.2) is 4.79 Å². The van der Waals surface area contributed by atoms with Crippen LogP contribution in [-0.2, 0) is 4.79 Å². The molecular weight excluding hydrogens is 185 g/mol. The van der Waals surface area contributed by atoms with Crippen LogP contribution in [0.4, 0.5) is 4.39 Å². The Labute approximate surface area is 76.9 Å². The smallest absolute Gasteiger partial charge is 0.364 e. The maximum atomic E-state index is 12.2. The summed E-state index contributed by atoms with van der Waals surface area (Å²) in [4.78, 5) is 9.90. The van der Waals surface area contributed by atoms with E-state index in [0.717, 1.165) is 18.9 Å². The first-order chi connectivity index (χ1) is 5.18. The van der Waals surface area contributed by atoms with E-state index in [4.69, 9.17) is 10.8 Å². The van der Waals surface area contributed by atoms with Crippen LogP contribution in [0.2, 0.25) is 0 Å². The molecule has 0 heterocycles. The van der Waals surface area contributed by atoms with Gasteiger partial charge in [-0.2, -0.15) is 4.39 Å². The Balaban J connectivity index is 0. The number of hydrogen-bond donors (Lipinski definition) is 2. The highest BCUT2D eigenvalue weighted by atomic mass is 35.5. The summed E-state index contributed by atoms with van der Waals surface area (Å²) in [5.74, 6) is -2.58. The van der Waals surface area contributed by atoms with E-state index in [9.17, 15) is 9.18 Å². The van der Waals surface area contributed by atoms with Crippen LogP contribution in [0.25, 0.3) is 0 Å². The maximum Gasteiger partial charge on any atom is 0.364 e. The van der Waals surface area contributed by atoms with Crippen molar-refractivity contribution in [2.75, 3.05) is 6.54 Å². The van der Waals surface area contributed by atoms with Crippen molar-refractivity contribution >= 4 is 18.4 Å². The Morgan fingerprint density at radius 2 is 2.08 bits per heavy atom. The van der Waals surface area contributed by atoms with E-state index < -0.39 is 11.8 Å². The summed E-state index contributed by atoms with van der Waals surface area (Å²) in [5, 5.41) is 8.07. The van der Waals surface area contributed by atoms with E-state index in [1.165, 1.54) is 0 Å². The molecule has 0 radical (unpaired) electrons. The number of nitrogens with two attached hydrogens (primary N) is 1. The molecule has 0 bridgehead atoms. The van der Waals surface area contributed by atoms with Crippen LogP contribution in [0.5, 0.6) is 0 Å². The van der Waals surface area contributed by atoms with Crippen molar-refractivity contribution in [3.63, 3.8) is 0 Å². The Hall–Kier alpha value is -0.610. The first kappa shape index (κ1) is 13.9. The van der Waals surface area contributed by atoms with Crippen LogP contribution >= 0.6 is 12.4 Å². The highest BCUT2D eigenvalue weighted by Gasteiger charge is 2.02. The lowest BCUT2D eigenvalue weighted by atomic mass is 10.2. The molecule has 12 heavy (non-hydrogen) atoms. The number of hydrogen-bond acceptors (Lipinski definition) is 2. The minimum Gasteiger partial charge on any atom is -0.476 e. The van der Waals surface area contributed by atoms with Crippen LogP contribution < -0.4 is 5.73 Å². The van der Waals surface area contributed by atoms with Gasteiger partial charge in [0, 0.05) is 0 Å². The number of carboxylic acid groups (broad SMARTS) is 1. The number of carbonyl (C=O) groups is 1. The number of unbranched alkanes of at least 4 members (excludes halogenated alkanes) is 2. The lowest BCUT2D eigenvalue weighted by molar-refractivity contribution is -0.134. The zero-order valence-corrected chi connectivity index (χ0v) is 7.44. The second-order valence-electron chi connectivity index (χ2n) is 2.14. The number of rotatable bonds is 5. The van der Waals surface area contributed by atoms with Crippen molar-refractivity contribution in [1.82, 2.24) is 0 Å². The van der Waals surface area contributed by atoms with Crippen LogP contribution in [0.15, 0.2) is 11.9 Å². The normalized spacial score (nSPS) is 10.7. The average Bonchev–Trinajstić information content (AvgIpc) is 1.97. The number of allylic oxidation sites excluding steroid dienone is 1. The van der Waals surface area contributed by atoms with Gasteiger partial charge < -0.3 is 10.8 Å². The fraction of sp³-hybridized carbons (Fsp3) is 0.571. The minimum absolute atomic E-state index is 0. The van der Waals surface area contributed by atoms with Gasteiger partial charge in [0.15, 0.2) is 0 Å². The Kier molecular flexibility index (Phi) is 9.86. The van der Waals surface area contributed by atoms with Crippen molar-refractivity contribution in [3.8, 4) is 0 Å². The van der Waals surface area contributed by atoms with Crippen LogP contribution in [0, 0.1) is 0 Å². The molecule has 3 N–H and O–H groups in total. The molecule has 0 saturated heterocycles. The molecule has 0 spiro atoms. The predicted octanol–water partition coefficient (Wildman–Crippen LogP) is 1.48. The molecule has 5 heteroatoms. The fourth-order valence-corrected chi connectivity index (χ4v) is 0.605. The molecule has 0 rings (SSSR count). The van der Waals surface area contributed by atoms with Crippen LogP contribution in [0.1, 0.15) is 19.3 Å². The molecule has 72 valence electrons. The molecule has 0 aromatic heterocycles. The second kappa shape index (κ2) is 8.49. The summed E-state index contributed by atoms with van der Waals surface area (Å²) in [7, 11) is 0. The summed E-state index contributed by atoms with van der Waals surface area (Å²) in [6, 6.07) is 0. The largest absolute Gasteiger partial charge is 0.476 e. The molecular formula is C7H13ClFNO2. The van der Waals surface area contributed by atoms with E-state index in [1.807, 2.05) is 0 Å². The highest BCUT2D eigenvalue weighted by molar-refractivity contribution is 5.85. The molecule has 0 amide bonds. The Bertz CT molecular complexity index is 161. The topological polar surface area (TPSA) is 63.3 Å². The molecule has 3 nitrogen and oxygen atoms in total. The molecule has 0 aliphatic heterocycles. The lowest BCUT2D eigenvalue weighted by Gasteiger charge is -1.91. The quantitative estimate of drug-likeness (QED) is 0.518. The summed E-state index contributed by atoms with van der Waals surface area (Å²) >= 11 is 0. The molecule has 0 aliphatic rings. The zero-order chi connectivity index (χ0) is 8.69. The first-order valence-electron chi connectivity index (χ1n) is 3.47. The highest BCUT2D eigenvalue weighted by Crippen LogP contribution is 2.02. The van der Waals surface area contributed by atoms with Gasteiger partial charge in [0.1, 0.15) is 0 Å². The molecule has 0 fully saturated rings. The SMILES string of the molecule is Cl.NCCCC/C=C(\F)C(=O)O. The van der Waals surface area contributed by atoms with E-state index in [-0.39, 0.29) is 12.4 Å². The molecule has 0 aromatic carbocycles. The van der Waals surface area contributed by atoms with Gasteiger partial charge in [0.05, 0.1) is 0 Å². The third kappa shape index (κ3) is 7.50.